The smallest absolute Gasteiger partial charge is 0.119 e. The van der Waals surface area contributed by atoms with E-state index in [0.717, 1.165) is 40.0 Å². The van der Waals surface area contributed by atoms with E-state index in [1.165, 1.54) is 0 Å². The van der Waals surface area contributed by atoms with Crippen LogP contribution < -0.4 is 10.1 Å². The summed E-state index contributed by atoms with van der Waals surface area (Å²) in [5.41, 5.74) is 4.10. The van der Waals surface area contributed by atoms with Crippen LogP contribution in [0, 0.1) is 13.8 Å². The second kappa shape index (κ2) is 6.18. The van der Waals surface area contributed by atoms with Crippen molar-refractivity contribution in [1.82, 2.24) is 9.78 Å². The summed E-state index contributed by atoms with van der Waals surface area (Å²) in [7, 11) is 1.67. The first-order chi connectivity index (χ1) is 9.56. The van der Waals surface area contributed by atoms with Gasteiger partial charge in [-0.2, -0.15) is 5.10 Å². The highest BCUT2D eigenvalue weighted by molar-refractivity contribution is 6.31. The van der Waals surface area contributed by atoms with Gasteiger partial charge in [0.05, 0.1) is 30.1 Å². The molecule has 20 heavy (non-hydrogen) atoms. The van der Waals surface area contributed by atoms with E-state index in [-0.39, 0.29) is 0 Å². The molecule has 0 aliphatic heterocycles. The maximum atomic E-state index is 6.30. The van der Waals surface area contributed by atoms with Gasteiger partial charge in [0.15, 0.2) is 0 Å². The van der Waals surface area contributed by atoms with Gasteiger partial charge in [-0.1, -0.05) is 11.6 Å². The third-order valence-corrected chi connectivity index (χ3v) is 3.82. The number of aryl methyl sites for hydroxylation is 3. The molecule has 0 fully saturated rings. The lowest BCUT2D eigenvalue weighted by Crippen LogP contribution is -2.09. The van der Waals surface area contributed by atoms with Crippen molar-refractivity contribution in [1.29, 1.82) is 0 Å². The molecule has 0 aliphatic carbocycles. The molecule has 0 bridgehead atoms. The number of halogens is 1. The van der Waals surface area contributed by atoms with E-state index in [0.29, 0.717) is 6.54 Å². The Hall–Kier alpha value is -1.68. The molecule has 0 atom stereocenters. The number of nitrogens with one attached hydrogen (secondary N) is 1. The molecule has 0 spiro atoms. The zero-order valence-corrected chi connectivity index (χ0v) is 13.1. The SMILES string of the molecule is CCn1nc(C)c(Cl)c1CNc1ccc(OC)cc1C. The monoisotopic (exact) mass is 293 g/mol. The minimum Gasteiger partial charge on any atom is -0.497 e. The maximum Gasteiger partial charge on any atom is 0.119 e. The van der Waals surface area contributed by atoms with E-state index in [2.05, 4.69) is 24.3 Å². The van der Waals surface area contributed by atoms with Gasteiger partial charge in [0, 0.05) is 12.2 Å². The molecule has 0 amide bonds. The van der Waals surface area contributed by atoms with E-state index < -0.39 is 0 Å². The lowest BCUT2D eigenvalue weighted by molar-refractivity contribution is 0.414. The average Bonchev–Trinajstić information content (AvgIpc) is 2.73. The molecule has 1 N–H and O–H groups in total. The fourth-order valence-corrected chi connectivity index (χ4v) is 2.38. The molecule has 0 unspecified atom stereocenters. The number of ether oxygens (including phenoxy) is 1. The number of nitrogens with zero attached hydrogens (tertiary/aromatic N) is 2. The van der Waals surface area contributed by atoms with Crippen LogP contribution in [0.3, 0.4) is 0 Å². The predicted octanol–water partition coefficient (Wildman–Crippen LogP) is 3.79. The largest absolute Gasteiger partial charge is 0.497 e. The van der Waals surface area contributed by atoms with Gasteiger partial charge in [-0.05, 0) is 44.5 Å². The van der Waals surface area contributed by atoms with E-state index in [9.17, 15) is 0 Å². The fourth-order valence-electron chi connectivity index (χ4n) is 2.18. The standard InChI is InChI=1S/C15H20ClN3O/c1-5-19-14(15(16)11(3)18-19)9-17-13-7-6-12(20-4)8-10(13)2/h6-8,17H,5,9H2,1-4H3. The van der Waals surface area contributed by atoms with Gasteiger partial charge in [-0.15, -0.1) is 0 Å². The third kappa shape index (κ3) is 2.90. The van der Waals surface area contributed by atoms with Crippen molar-refractivity contribution >= 4 is 17.3 Å². The Labute approximate surface area is 124 Å². The van der Waals surface area contributed by atoms with Gasteiger partial charge in [-0.3, -0.25) is 4.68 Å². The molecule has 108 valence electrons. The van der Waals surface area contributed by atoms with Crippen molar-refractivity contribution in [3.63, 3.8) is 0 Å². The number of aromatic nitrogens is 2. The Morgan fingerprint density at radius 1 is 1.35 bits per heavy atom. The van der Waals surface area contributed by atoms with Gasteiger partial charge in [0.25, 0.3) is 0 Å². The van der Waals surface area contributed by atoms with E-state index >= 15 is 0 Å². The first kappa shape index (κ1) is 14.7. The number of hydrogen-bond acceptors (Lipinski definition) is 3. The number of anilines is 1. The molecule has 1 aromatic carbocycles. The van der Waals surface area contributed by atoms with Gasteiger partial charge in [0.2, 0.25) is 0 Å². The van der Waals surface area contributed by atoms with Crippen molar-refractivity contribution in [3.05, 3.63) is 40.2 Å². The van der Waals surface area contributed by atoms with Crippen LogP contribution in [0.5, 0.6) is 5.75 Å². The summed E-state index contributed by atoms with van der Waals surface area (Å²) >= 11 is 6.30. The van der Waals surface area contributed by atoms with Crippen LogP contribution in [-0.4, -0.2) is 16.9 Å². The molecule has 1 heterocycles. The lowest BCUT2D eigenvalue weighted by atomic mass is 10.2. The summed E-state index contributed by atoms with van der Waals surface area (Å²) in [6, 6.07) is 5.97. The summed E-state index contributed by atoms with van der Waals surface area (Å²) in [5, 5.41) is 8.57. The topological polar surface area (TPSA) is 39.1 Å². The fraction of sp³-hybridized carbons (Fsp3) is 0.400. The molecule has 0 radical (unpaired) electrons. The van der Waals surface area contributed by atoms with E-state index in [1.54, 1.807) is 7.11 Å². The zero-order chi connectivity index (χ0) is 14.7. The van der Waals surface area contributed by atoms with Crippen LogP contribution in [0.15, 0.2) is 18.2 Å². The Balaban J connectivity index is 2.17. The number of rotatable bonds is 5. The quantitative estimate of drug-likeness (QED) is 0.911. The molecule has 0 aliphatic rings. The molecule has 2 aromatic rings. The second-order valence-corrected chi connectivity index (χ2v) is 5.07. The zero-order valence-electron chi connectivity index (χ0n) is 12.3. The highest BCUT2D eigenvalue weighted by Gasteiger charge is 2.12. The molecule has 0 saturated carbocycles. The Kier molecular flexibility index (Phi) is 4.55. The second-order valence-electron chi connectivity index (χ2n) is 4.70. The summed E-state index contributed by atoms with van der Waals surface area (Å²) < 4.78 is 7.14. The van der Waals surface area contributed by atoms with E-state index in [4.69, 9.17) is 16.3 Å². The minimum atomic E-state index is 0.653. The summed E-state index contributed by atoms with van der Waals surface area (Å²) in [6.45, 7) is 7.50. The van der Waals surface area contributed by atoms with Gasteiger partial charge >= 0.3 is 0 Å². The molecule has 5 heteroatoms. The van der Waals surface area contributed by atoms with Crippen molar-refractivity contribution in [2.45, 2.75) is 33.9 Å². The summed E-state index contributed by atoms with van der Waals surface area (Å²) in [4.78, 5) is 0. The van der Waals surface area contributed by atoms with Gasteiger partial charge in [0.1, 0.15) is 5.75 Å². The van der Waals surface area contributed by atoms with Crippen LogP contribution in [-0.2, 0) is 13.1 Å². The highest BCUT2D eigenvalue weighted by atomic mass is 35.5. The Bertz CT molecular complexity index is 607. The molecular formula is C15H20ClN3O. The predicted molar refractivity (Wildman–Crippen MR) is 82.7 cm³/mol. The normalized spacial score (nSPS) is 10.7. The maximum absolute atomic E-state index is 6.30. The Morgan fingerprint density at radius 3 is 2.70 bits per heavy atom. The minimum absolute atomic E-state index is 0.653. The van der Waals surface area contributed by atoms with E-state index in [1.807, 2.05) is 29.8 Å². The van der Waals surface area contributed by atoms with Crippen LogP contribution >= 0.6 is 11.6 Å². The number of methoxy groups -OCH3 is 1. The first-order valence-electron chi connectivity index (χ1n) is 6.67. The average molecular weight is 294 g/mol. The van der Waals surface area contributed by atoms with Gasteiger partial charge in [-0.25, -0.2) is 0 Å². The first-order valence-corrected chi connectivity index (χ1v) is 7.05. The van der Waals surface area contributed by atoms with Crippen molar-refractivity contribution in [2.75, 3.05) is 12.4 Å². The summed E-state index contributed by atoms with van der Waals surface area (Å²) in [6.07, 6.45) is 0. The van der Waals surface area contributed by atoms with Crippen LogP contribution in [0.4, 0.5) is 5.69 Å². The van der Waals surface area contributed by atoms with Crippen LogP contribution in [0.25, 0.3) is 0 Å². The number of hydrogen-bond donors (Lipinski definition) is 1. The van der Waals surface area contributed by atoms with Crippen molar-refractivity contribution in [3.8, 4) is 5.75 Å². The number of benzene rings is 1. The van der Waals surface area contributed by atoms with Crippen molar-refractivity contribution in [2.24, 2.45) is 0 Å². The molecule has 2 rings (SSSR count). The molecule has 4 nitrogen and oxygen atoms in total. The molecule has 1 aromatic heterocycles. The van der Waals surface area contributed by atoms with Gasteiger partial charge < -0.3 is 10.1 Å². The van der Waals surface area contributed by atoms with Crippen LogP contribution in [0.1, 0.15) is 23.9 Å². The van der Waals surface area contributed by atoms with Crippen LogP contribution in [0.2, 0.25) is 5.02 Å². The molecule has 0 saturated heterocycles. The highest BCUT2D eigenvalue weighted by Crippen LogP contribution is 2.24. The third-order valence-electron chi connectivity index (χ3n) is 3.33. The van der Waals surface area contributed by atoms with Crippen molar-refractivity contribution < 1.29 is 4.74 Å². The Morgan fingerprint density at radius 2 is 2.10 bits per heavy atom. The lowest BCUT2D eigenvalue weighted by Gasteiger charge is -2.12. The molecular weight excluding hydrogens is 274 g/mol. The summed E-state index contributed by atoms with van der Waals surface area (Å²) in [5.74, 6) is 0.862.